The normalized spacial score (nSPS) is 25.4. The number of fused-ring (bicyclic) bond motifs is 3. The fourth-order valence-electron chi connectivity index (χ4n) is 5.98. The number of nitrogens with two attached hydrogens (primary N) is 1. The number of primary amides is 1. The second-order valence-electron chi connectivity index (χ2n) is 10.8. The van der Waals surface area contributed by atoms with Crippen LogP contribution in [0, 0.1) is 11.8 Å². The molecule has 0 aliphatic heterocycles. The summed E-state index contributed by atoms with van der Waals surface area (Å²) in [6, 6.07) is 0.292. The number of hydrogen-bond acceptors (Lipinski definition) is 13. The highest BCUT2D eigenvalue weighted by Gasteiger charge is 2.63. The molecule has 9 N–H and O–H groups in total. The van der Waals surface area contributed by atoms with Crippen molar-refractivity contribution < 1.29 is 60.8 Å². The first-order valence-electron chi connectivity index (χ1n) is 12.3. The second kappa shape index (κ2) is 11.1. The van der Waals surface area contributed by atoms with Gasteiger partial charge in [0.2, 0.25) is 15.8 Å². The number of ketones is 2. The summed E-state index contributed by atoms with van der Waals surface area (Å²) in [6.45, 7) is 0. The summed E-state index contributed by atoms with van der Waals surface area (Å²) in [5.74, 6) is -7.76. The lowest BCUT2D eigenvalue weighted by Gasteiger charge is -2.50. The van der Waals surface area contributed by atoms with E-state index in [9.17, 15) is 43.2 Å². The number of rotatable bonds is 5. The number of nitrogens with one attached hydrogen (secondary N) is 1. The number of nitrogens with zero attached hydrogens (tertiary/aromatic N) is 2. The molecule has 4 rings (SSSR count). The van der Waals surface area contributed by atoms with Crippen LogP contribution in [0.1, 0.15) is 22.3 Å². The minimum Gasteiger partial charge on any atom is -0.510 e. The zero-order chi connectivity index (χ0) is 33.1. The van der Waals surface area contributed by atoms with E-state index in [1.54, 1.807) is 33.1 Å². The number of phenols is 1. The number of phenolic OH excluding ortho intramolecular Hbond substituents is 1. The number of likely N-dealkylation sites (N-methyl/N-ethyl adjacent to an activating group) is 1. The summed E-state index contributed by atoms with van der Waals surface area (Å²) in [7, 11) is -2.09. The summed E-state index contributed by atoms with van der Waals surface area (Å²) in [6.07, 6.45) is 0.900. The third-order valence-electron chi connectivity index (χ3n) is 7.48. The maximum Gasteiger partial charge on any atom is 0.394 e. The van der Waals surface area contributed by atoms with Gasteiger partial charge in [-0.25, -0.2) is 8.42 Å². The molecule has 0 spiro atoms. The number of amides is 1. The number of Topliss-reactive ketones (excluding diaryl/α,β-unsaturated/α-hetero) is 2. The number of aromatic hydroxyl groups is 1. The van der Waals surface area contributed by atoms with Gasteiger partial charge in [0.15, 0.2) is 17.1 Å². The second-order valence-corrected chi connectivity index (χ2v) is 13.5. The first kappa shape index (κ1) is 33.7. The summed E-state index contributed by atoms with van der Waals surface area (Å²) in [5, 5.41) is 44.8. The summed E-state index contributed by atoms with van der Waals surface area (Å²) < 4.78 is 57.5. The van der Waals surface area contributed by atoms with Crippen LogP contribution in [-0.4, -0.2) is 115 Å². The topological polar surface area (TPSA) is 285 Å². The van der Waals surface area contributed by atoms with Crippen LogP contribution < -0.4 is 15.4 Å². The average Bonchev–Trinajstić information content (AvgIpc) is 2.80. The summed E-state index contributed by atoms with van der Waals surface area (Å²) in [5.41, 5.74) is 1.60. The SMILES string of the molecule is CN(C)c1cc(NS(C)(=O)=O)c(O)c2c1CC1CC3[C@H](N(C)C)C(O)=C(C(N)=O)C(=O)[C@@]3(O)C(O)=C1C2=O.O=S(=O)(O)O. The standard InChI is InChI=1S/C24H30N4O9S.H2O4S/c1-27(2)13-8-12(26-38(5,36)37)18(29)15-10(13)6-9-7-11-17(28(3)4)20(31)16(23(25)34)22(33)24(11,35)21(32)14(9)19(15)30;1-5(2,3)4/h8-9,11,17,26,29,31-32,35H,6-7H2,1-5H3,(H2,25,34);(H2,1,2,3,4)/t9?,11?,17-,24-;/m0./s1. The van der Waals surface area contributed by atoms with E-state index < -0.39 is 84.2 Å². The molecule has 0 aromatic heterocycles. The van der Waals surface area contributed by atoms with Crippen molar-refractivity contribution in [3.8, 4) is 5.75 Å². The van der Waals surface area contributed by atoms with Gasteiger partial charge in [0.05, 0.1) is 23.5 Å². The summed E-state index contributed by atoms with van der Waals surface area (Å²) in [4.78, 5) is 42.3. The van der Waals surface area contributed by atoms with Crippen molar-refractivity contribution in [3.05, 3.63) is 39.9 Å². The number of hydrogen-bond donors (Lipinski definition) is 8. The maximum absolute atomic E-state index is 13.8. The third-order valence-corrected chi connectivity index (χ3v) is 8.07. The monoisotopic (exact) mass is 648 g/mol. The molecule has 19 heteroatoms. The van der Waals surface area contributed by atoms with E-state index in [0.29, 0.717) is 11.3 Å². The number of allylic oxidation sites excluding steroid dienone is 1. The molecule has 0 fully saturated rings. The lowest BCUT2D eigenvalue weighted by molar-refractivity contribution is -0.148. The zero-order valence-electron chi connectivity index (χ0n) is 23.6. The number of aliphatic hydroxyl groups is 3. The van der Waals surface area contributed by atoms with Crippen molar-refractivity contribution in [2.45, 2.75) is 24.5 Å². The number of anilines is 2. The van der Waals surface area contributed by atoms with Crippen molar-refractivity contribution in [2.75, 3.05) is 44.1 Å². The number of sulfonamides is 1. The first-order chi connectivity index (χ1) is 19.4. The van der Waals surface area contributed by atoms with Gasteiger partial charge in [0, 0.05) is 31.3 Å². The number of carbonyl (C=O) groups excluding carboxylic acids is 3. The predicted molar refractivity (Wildman–Crippen MR) is 151 cm³/mol. The van der Waals surface area contributed by atoms with Gasteiger partial charge in [-0.15, -0.1) is 0 Å². The number of aliphatic hydroxyl groups excluding tert-OH is 2. The molecule has 2 unspecified atom stereocenters. The van der Waals surface area contributed by atoms with Crippen molar-refractivity contribution in [1.82, 2.24) is 4.90 Å². The maximum atomic E-state index is 13.8. The van der Waals surface area contributed by atoms with Gasteiger partial charge >= 0.3 is 10.4 Å². The van der Waals surface area contributed by atoms with E-state index >= 15 is 0 Å². The molecule has 0 heterocycles. The zero-order valence-corrected chi connectivity index (χ0v) is 25.2. The Morgan fingerprint density at radius 2 is 1.60 bits per heavy atom. The lowest BCUT2D eigenvalue weighted by Crippen LogP contribution is -2.63. The molecule has 1 amide bonds. The van der Waals surface area contributed by atoms with E-state index in [1.165, 1.54) is 11.0 Å². The first-order valence-corrected chi connectivity index (χ1v) is 15.6. The van der Waals surface area contributed by atoms with Crippen LogP contribution in [0.15, 0.2) is 28.7 Å². The van der Waals surface area contributed by atoms with Crippen molar-refractivity contribution in [1.29, 1.82) is 0 Å². The van der Waals surface area contributed by atoms with Crippen molar-refractivity contribution in [3.63, 3.8) is 0 Å². The fraction of sp³-hybridized carbons (Fsp3) is 0.458. The van der Waals surface area contributed by atoms with Crippen molar-refractivity contribution in [2.24, 2.45) is 17.6 Å². The molecule has 1 aromatic rings. The Bertz CT molecular complexity index is 1690. The van der Waals surface area contributed by atoms with E-state index in [2.05, 4.69) is 4.72 Å². The molecule has 3 aliphatic carbocycles. The number of benzene rings is 1. The molecule has 1 aromatic carbocycles. The van der Waals surface area contributed by atoms with E-state index in [0.717, 1.165) is 6.26 Å². The molecule has 0 bridgehead atoms. The Labute approximate surface area is 246 Å². The lowest BCUT2D eigenvalue weighted by atomic mass is 9.58. The Morgan fingerprint density at radius 3 is 2.05 bits per heavy atom. The van der Waals surface area contributed by atoms with Gasteiger partial charge in [-0.05, 0) is 44.5 Å². The van der Waals surface area contributed by atoms with Gasteiger partial charge in [-0.3, -0.25) is 33.1 Å². The largest absolute Gasteiger partial charge is 0.510 e. The minimum absolute atomic E-state index is 0.0528. The van der Waals surface area contributed by atoms with Gasteiger partial charge in [-0.1, -0.05) is 0 Å². The molecule has 0 saturated heterocycles. The van der Waals surface area contributed by atoms with Crippen LogP contribution in [0.25, 0.3) is 0 Å². The highest BCUT2D eigenvalue weighted by atomic mass is 32.3. The smallest absolute Gasteiger partial charge is 0.394 e. The third kappa shape index (κ3) is 6.04. The highest BCUT2D eigenvalue weighted by molar-refractivity contribution is 7.92. The molecular formula is C24H32N4O13S2. The Hall–Kier alpha value is -3.75. The Balaban J connectivity index is 0.000000934. The Morgan fingerprint density at radius 1 is 1.07 bits per heavy atom. The quantitative estimate of drug-likeness (QED) is 0.107. The molecule has 0 saturated carbocycles. The molecule has 4 atom stereocenters. The van der Waals surface area contributed by atoms with Crippen LogP contribution in [0.2, 0.25) is 0 Å². The molecule has 238 valence electrons. The van der Waals surface area contributed by atoms with E-state index in [4.69, 9.17) is 23.3 Å². The van der Waals surface area contributed by atoms with Crippen molar-refractivity contribution >= 4 is 49.3 Å². The fourth-order valence-corrected chi connectivity index (χ4v) is 6.53. The van der Waals surface area contributed by atoms with Gasteiger partial charge < -0.3 is 31.1 Å². The van der Waals surface area contributed by atoms with Gasteiger partial charge in [0.1, 0.15) is 17.1 Å². The van der Waals surface area contributed by atoms with E-state index in [1.807, 2.05) is 0 Å². The van der Waals surface area contributed by atoms with Crippen LogP contribution in [-0.2, 0) is 36.4 Å². The van der Waals surface area contributed by atoms with Gasteiger partial charge in [0.25, 0.3) is 5.91 Å². The number of carbonyl (C=O) groups is 3. The molecular weight excluding hydrogens is 616 g/mol. The van der Waals surface area contributed by atoms with Gasteiger partial charge in [-0.2, -0.15) is 8.42 Å². The molecule has 0 radical (unpaired) electrons. The van der Waals surface area contributed by atoms with Crippen LogP contribution >= 0.6 is 0 Å². The van der Waals surface area contributed by atoms with Crippen LogP contribution in [0.5, 0.6) is 5.75 Å². The average molecular weight is 649 g/mol. The summed E-state index contributed by atoms with van der Waals surface area (Å²) >= 11 is 0. The van der Waals surface area contributed by atoms with Crippen LogP contribution in [0.4, 0.5) is 11.4 Å². The predicted octanol–water partition coefficient (Wildman–Crippen LogP) is -1.09. The van der Waals surface area contributed by atoms with E-state index in [-0.39, 0.29) is 29.7 Å². The van der Waals surface area contributed by atoms with Crippen LogP contribution in [0.3, 0.4) is 0 Å². The molecule has 3 aliphatic rings. The minimum atomic E-state index is -4.67. The molecule has 17 nitrogen and oxygen atoms in total. The Kier molecular flexibility index (Phi) is 8.69. The molecule has 43 heavy (non-hydrogen) atoms. The highest BCUT2D eigenvalue weighted by Crippen LogP contribution is 2.53.